The second-order valence-corrected chi connectivity index (χ2v) is 6.85. The third-order valence-corrected chi connectivity index (χ3v) is 4.64. The number of aliphatic imine (C=N–C) groups is 1. The van der Waals surface area contributed by atoms with Gasteiger partial charge in [0.2, 0.25) is 0 Å². The lowest BCUT2D eigenvalue weighted by Crippen LogP contribution is -2.39. The molecule has 2 rings (SSSR count). The summed E-state index contributed by atoms with van der Waals surface area (Å²) < 4.78 is 18.5. The van der Waals surface area contributed by atoms with E-state index < -0.39 is 0 Å². The number of aromatic nitrogens is 1. The van der Waals surface area contributed by atoms with Crippen molar-refractivity contribution >= 4 is 17.3 Å². The molecule has 0 aliphatic rings. The minimum atomic E-state index is -0.256. The van der Waals surface area contributed by atoms with E-state index in [-0.39, 0.29) is 11.9 Å². The van der Waals surface area contributed by atoms with E-state index in [9.17, 15) is 4.39 Å². The van der Waals surface area contributed by atoms with Gasteiger partial charge in [0.25, 0.3) is 0 Å². The number of rotatable bonds is 7. The van der Waals surface area contributed by atoms with Crippen molar-refractivity contribution < 1.29 is 9.13 Å². The Balaban J connectivity index is 1.87. The van der Waals surface area contributed by atoms with Gasteiger partial charge in [0, 0.05) is 26.1 Å². The van der Waals surface area contributed by atoms with Gasteiger partial charge in [-0.2, -0.15) is 0 Å². The van der Waals surface area contributed by atoms with Gasteiger partial charge in [0.15, 0.2) is 5.96 Å². The molecule has 0 aliphatic heterocycles. The molecular formula is C18H25FN4OS. The van der Waals surface area contributed by atoms with Crippen LogP contribution in [0.3, 0.4) is 0 Å². The van der Waals surface area contributed by atoms with Crippen molar-refractivity contribution in [1.29, 1.82) is 0 Å². The van der Waals surface area contributed by atoms with Crippen LogP contribution in [0.1, 0.15) is 42.1 Å². The molecule has 0 amide bonds. The predicted octanol–water partition coefficient (Wildman–Crippen LogP) is 3.46. The molecule has 1 unspecified atom stereocenters. The van der Waals surface area contributed by atoms with E-state index in [1.54, 1.807) is 37.6 Å². The zero-order chi connectivity index (χ0) is 18.2. The first-order chi connectivity index (χ1) is 12.0. The smallest absolute Gasteiger partial charge is 0.191 e. The minimum absolute atomic E-state index is 0.188. The van der Waals surface area contributed by atoms with Crippen LogP contribution in [0.4, 0.5) is 4.39 Å². The third-order valence-electron chi connectivity index (χ3n) is 3.77. The normalized spacial score (nSPS) is 13.1. The van der Waals surface area contributed by atoms with Crippen LogP contribution in [0.5, 0.6) is 0 Å². The zero-order valence-electron chi connectivity index (χ0n) is 15.0. The van der Waals surface area contributed by atoms with Gasteiger partial charge in [0.1, 0.15) is 10.8 Å². The maximum atomic E-state index is 13.0. The van der Waals surface area contributed by atoms with Crippen molar-refractivity contribution in [1.82, 2.24) is 15.6 Å². The van der Waals surface area contributed by atoms with E-state index in [1.807, 2.05) is 0 Å². The molecule has 2 aromatic rings. The molecule has 1 aromatic carbocycles. The van der Waals surface area contributed by atoms with Crippen molar-refractivity contribution in [2.45, 2.75) is 32.4 Å². The van der Waals surface area contributed by atoms with E-state index in [4.69, 9.17) is 4.74 Å². The largest absolute Gasteiger partial charge is 0.375 e. The average molecular weight is 364 g/mol. The monoisotopic (exact) mass is 364 g/mol. The maximum Gasteiger partial charge on any atom is 0.191 e. The highest BCUT2D eigenvalue weighted by molar-refractivity contribution is 7.09. The molecule has 0 spiro atoms. The summed E-state index contributed by atoms with van der Waals surface area (Å²) in [5.41, 5.74) is 2.02. The van der Waals surface area contributed by atoms with E-state index in [0.717, 1.165) is 16.3 Å². The summed E-state index contributed by atoms with van der Waals surface area (Å²) in [6.45, 7) is 5.41. The third kappa shape index (κ3) is 5.79. The van der Waals surface area contributed by atoms with Gasteiger partial charge in [-0.3, -0.25) is 4.99 Å². The summed E-state index contributed by atoms with van der Waals surface area (Å²) in [5, 5.41) is 9.59. The molecule has 0 fully saturated rings. The molecular weight excluding hydrogens is 339 g/mol. The number of thiazole rings is 1. The Morgan fingerprint density at radius 2 is 2.00 bits per heavy atom. The molecule has 1 atom stereocenters. The summed E-state index contributed by atoms with van der Waals surface area (Å²) in [6, 6.07) is 6.32. The Bertz CT molecular complexity index is 685. The fourth-order valence-electron chi connectivity index (χ4n) is 2.26. The molecule has 0 saturated carbocycles. The second kappa shape index (κ2) is 9.48. The first kappa shape index (κ1) is 19.3. The van der Waals surface area contributed by atoms with Crippen LogP contribution in [0.25, 0.3) is 0 Å². The maximum absolute atomic E-state index is 13.0. The Hall–Kier alpha value is -1.99. The van der Waals surface area contributed by atoms with Crippen LogP contribution in [-0.4, -0.2) is 31.6 Å². The van der Waals surface area contributed by atoms with Gasteiger partial charge >= 0.3 is 0 Å². The van der Waals surface area contributed by atoms with Crippen molar-refractivity contribution in [3.05, 3.63) is 51.7 Å². The Morgan fingerprint density at radius 3 is 2.56 bits per heavy atom. The second-order valence-electron chi connectivity index (χ2n) is 5.90. The minimum Gasteiger partial charge on any atom is -0.375 e. The molecule has 25 heavy (non-hydrogen) atoms. The van der Waals surface area contributed by atoms with Crippen molar-refractivity contribution in [2.24, 2.45) is 4.99 Å². The number of nitrogens with one attached hydrogen (secondary N) is 2. The highest BCUT2D eigenvalue weighted by atomic mass is 32.1. The zero-order valence-corrected chi connectivity index (χ0v) is 15.9. The summed E-state index contributed by atoms with van der Waals surface area (Å²) in [4.78, 5) is 8.81. The van der Waals surface area contributed by atoms with E-state index in [1.165, 1.54) is 12.1 Å². The van der Waals surface area contributed by atoms with Crippen LogP contribution in [-0.2, 0) is 11.3 Å². The fraction of sp³-hybridized carbons (Fsp3) is 0.444. The molecule has 1 aromatic heterocycles. The number of hydrogen-bond donors (Lipinski definition) is 2. The topological polar surface area (TPSA) is 58.5 Å². The Labute approximate surface area is 152 Å². The van der Waals surface area contributed by atoms with Gasteiger partial charge in [-0.15, -0.1) is 11.3 Å². The molecule has 0 radical (unpaired) electrons. The highest BCUT2D eigenvalue weighted by Crippen LogP contribution is 2.18. The summed E-state index contributed by atoms with van der Waals surface area (Å²) >= 11 is 1.64. The van der Waals surface area contributed by atoms with E-state index >= 15 is 0 Å². The number of nitrogens with zero attached hydrogens (tertiary/aromatic N) is 2. The number of benzene rings is 1. The van der Waals surface area contributed by atoms with Gasteiger partial charge in [0.05, 0.1) is 18.3 Å². The van der Waals surface area contributed by atoms with Crippen LogP contribution in [0, 0.1) is 5.82 Å². The van der Waals surface area contributed by atoms with Gasteiger partial charge in [-0.05, 0) is 23.6 Å². The van der Waals surface area contributed by atoms with Crippen molar-refractivity contribution in [3.63, 3.8) is 0 Å². The number of methoxy groups -OCH3 is 1. The highest BCUT2D eigenvalue weighted by Gasteiger charge is 2.12. The lowest BCUT2D eigenvalue weighted by Gasteiger charge is -2.18. The van der Waals surface area contributed by atoms with Crippen LogP contribution in [0.15, 0.2) is 34.6 Å². The van der Waals surface area contributed by atoms with Gasteiger partial charge in [-0.1, -0.05) is 26.0 Å². The summed E-state index contributed by atoms with van der Waals surface area (Å²) in [6.07, 6.45) is -0.188. The lowest BCUT2D eigenvalue weighted by molar-refractivity contribution is 0.106. The van der Waals surface area contributed by atoms with Crippen LogP contribution in [0.2, 0.25) is 0 Å². The summed E-state index contributed by atoms with van der Waals surface area (Å²) in [5.74, 6) is 0.847. The SMILES string of the molecule is CN=C(NCc1nc(C(C)C)cs1)NCC(OC)c1ccc(F)cc1. The van der Waals surface area contributed by atoms with Crippen molar-refractivity contribution in [2.75, 3.05) is 20.7 Å². The van der Waals surface area contributed by atoms with Gasteiger partial charge in [-0.25, -0.2) is 9.37 Å². The number of halogens is 1. The van der Waals surface area contributed by atoms with E-state index in [2.05, 4.69) is 39.8 Å². The quantitative estimate of drug-likeness (QED) is 0.583. The Morgan fingerprint density at radius 1 is 1.28 bits per heavy atom. The van der Waals surface area contributed by atoms with Crippen LogP contribution >= 0.6 is 11.3 Å². The standard InChI is InChI=1S/C18H25FN4OS/c1-12(2)15-11-25-17(23-15)10-22-18(20-3)21-9-16(24-4)13-5-7-14(19)8-6-13/h5-8,11-12,16H,9-10H2,1-4H3,(H2,20,21,22). The molecule has 5 nitrogen and oxygen atoms in total. The first-order valence-electron chi connectivity index (χ1n) is 8.20. The van der Waals surface area contributed by atoms with Crippen LogP contribution < -0.4 is 10.6 Å². The lowest BCUT2D eigenvalue weighted by atomic mass is 10.1. The average Bonchev–Trinajstić information content (AvgIpc) is 3.08. The Kier molecular flexibility index (Phi) is 7.33. The van der Waals surface area contributed by atoms with E-state index in [0.29, 0.717) is 25.0 Å². The summed E-state index contributed by atoms with van der Waals surface area (Å²) in [7, 11) is 3.35. The molecule has 0 aliphatic carbocycles. The molecule has 0 bridgehead atoms. The predicted molar refractivity (Wildman–Crippen MR) is 101 cm³/mol. The number of hydrogen-bond acceptors (Lipinski definition) is 4. The molecule has 0 saturated heterocycles. The molecule has 136 valence electrons. The van der Waals surface area contributed by atoms with Crippen molar-refractivity contribution in [3.8, 4) is 0 Å². The fourth-order valence-corrected chi connectivity index (χ4v) is 3.15. The first-order valence-corrected chi connectivity index (χ1v) is 9.08. The molecule has 2 N–H and O–H groups in total. The number of ether oxygens (including phenoxy) is 1. The van der Waals surface area contributed by atoms with Gasteiger partial charge < -0.3 is 15.4 Å². The molecule has 7 heteroatoms. The number of guanidine groups is 1. The molecule has 1 heterocycles.